The van der Waals surface area contributed by atoms with Crippen LogP contribution in [0.2, 0.25) is 0 Å². The first-order valence-electron chi connectivity index (χ1n) is 6.77. The number of rotatable bonds is 3. The fourth-order valence-electron chi connectivity index (χ4n) is 2.46. The Bertz CT molecular complexity index is 460. The lowest BCUT2D eigenvalue weighted by Crippen LogP contribution is -2.37. The van der Waals surface area contributed by atoms with E-state index in [9.17, 15) is 9.59 Å². The highest BCUT2D eigenvalue weighted by atomic mass is 16.2. The summed E-state index contributed by atoms with van der Waals surface area (Å²) in [5, 5.41) is 3.05. The van der Waals surface area contributed by atoms with Gasteiger partial charge in [0.05, 0.1) is 0 Å². The van der Waals surface area contributed by atoms with Gasteiger partial charge in [0.15, 0.2) is 0 Å². The maximum Gasteiger partial charge on any atom is 0.251 e. The van der Waals surface area contributed by atoms with Crippen LogP contribution >= 0.6 is 0 Å². The fraction of sp³-hybridized carbons (Fsp3) is 0.467. The number of hydrogen-bond donors (Lipinski definition) is 2. The number of benzene rings is 1. The first-order chi connectivity index (χ1) is 9.06. The van der Waals surface area contributed by atoms with Crippen LogP contribution in [-0.2, 0) is 0 Å². The highest BCUT2D eigenvalue weighted by Gasteiger charge is 2.20. The van der Waals surface area contributed by atoms with Gasteiger partial charge in [-0.1, -0.05) is 6.92 Å². The summed E-state index contributed by atoms with van der Waals surface area (Å²) in [5.41, 5.74) is 6.16. The fourth-order valence-corrected chi connectivity index (χ4v) is 2.46. The predicted octanol–water partition coefficient (Wildman–Crippen LogP) is 2.09. The Hall–Kier alpha value is -1.84. The molecule has 2 rings (SSSR count). The Labute approximate surface area is 113 Å². The molecule has 0 atom stereocenters. The zero-order valence-electron chi connectivity index (χ0n) is 11.2. The first kappa shape index (κ1) is 13.6. The Morgan fingerprint density at radius 3 is 2.11 bits per heavy atom. The van der Waals surface area contributed by atoms with E-state index in [1.165, 1.54) is 12.8 Å². The standard InChI is InChI=1S/C15H20N2O2/c1-10-2-8-13(9-3-10)17-15(19)12-6-4-11(5-7-12)14(16)18/h4-7,10,13H,2-3,8-9H2,1H3,(H2,16,18)(H,17,19). The number of primary amides is 1. The number of nitrogens with two attached hydrogens (primary N) is 1. The van der Waals surface area contributed by atoms with E-state index in [4.69, 9.17) is 5.73 Å². The SMILES string of the molecule is CC1CCC(NC(=O)c2ccc(C(N)=O)cc2)CC1. The molecule has 0 radical (unpaired) electrons. The second-order valence-electron chi connectivity index (χ2n) is 5.37. The van der Waals surface area contributed by atoms with Crippen LogP contribution in [0.4, 0.5) is 0 Å². The van der Waals surface area contributed by atoms with Gasteiger partial charge in [0.1, 0.15) is 0 Å². The van der Waals surface area contributed by atoms with Gasteiger partial charge in [0.2, 0.25) is 5.91 Å². The van der Waals surface area contributed by atoms with Crippen molar-refractivity contribution in [3.8, 4) is 0 Å². The normalized spacial score (nSPS) is 22.8. The van der Waals surface area contributed by atoms with Crippen molar-refractivity contribution in [2.75, 3.05) is 0 Å². The minimum atomic E-state index is -0.478. The Kier molecular flexibility index (Phi) is 4.20. The van der Waals surface area contributed by atoms with E-state index in [1.54, 1.807) is 24.3 Å². The Morgan fingerprint density at radius 2 is 1.58 bits per heavy atom. The molecule has 1 aliphatic rings. The van der Waals surface area contributed by atoms with Gasteiger partial charge in [-0.15, -0.1) is 0 Å². The predicted molar refractivity (Wildman–Crippen MR) is 73.8 cm³/mol. The maximum absolute atomic E-state index is 12.0. The molecule has 1 aromatic rings. The first-order valence-corrected chi connectivity index (χ1v) is 6.77. The minimum absolute atomic E-state index is 0.0735. The molecule has 0 spiro atoms. The van der Waals surface area contributed by atoms with Gasteiger partial charge in [-0.2, -0.15) is 0 Å². The van der Waals surface area contributed by atoms with Gasteiger partial charge < -0.3 is 11.1 Å². The quantitative estimate of drug-likeness (QED) is 0.873. The van der Waals surface area contributed by atoms with Crippen LogP contribution in [-0.4, -0.2) is 17.9 Å². The van der Waals surface area contributed by atoms with Gasteiger partial charge in [0.25, 0.3) is 5.91 Å². The summed E-state index contributed by atoms with van der Waals surface area (Å²) < 4.78 is 0. The molecule has 0 heterocycles. The number of amides is 2. The topological polar surface area (TPSA) is 72.2 Å². The van der Waals surface area contributed by atoms with Gasteiger partial charge in [0, 0.05) is 17.2 Å². The van der Waals surface area contributed by atoms with Crippen LogP contribution in [0.15, 0.2) is 24.3 Å². The lowest BCUT2D eigenvalue weighted by Gasteiger charge is -2.26. The van der Waals surface area contributed by atoms with Crippen molar-refractivity contribution < 1.29 is 9.59 Å². The van der Waals surface area contributed by atoms with Crippen LogP contribution < -0.4 is 11.1 Å². The molecular formula is C15H20N2O2. The Morgan fingerprint density at radius 1 is 1.05 bits per heavy atom. The minimum Gasteiger partial charge on any atom is -0.366 e. The molecule has 0 bridgehead atoms. The summed E-state index contributed by atoms with van der Waals surface area (Å²) in [6.45, 7) is 2.25. The van der Waals surface area contributed by atoms with Crippen molar-refractivity contribution in [2.24, 2.45) is 11.7 Å². The number of nitrogens with one attached hydrogen (secondary N) is 1. The highest BCUT2D eigenvalue weighted by Crippen LogP contribution is 2.23. The number of carbonyl (C=O) groups is 2. The average molecular weight is 260 g/mol. The van der Waals surface area contributed by atoms with Crippen LogP contribution in [0.5, 0.6) is 0 Å². The molecule has 3 N–H and O–H groups in total. The summed E-state index contributed by atoms with van der Waals surface area (Å²) in [4.78, 5) is 23.0. The highest BCUT2D eigenvalue weighted by molar-refractivity contribution is 5.97. The average Bonchev–Trinajstić information content (AvgIpc) is 2.41. The van der Waals surface area contributed by atoms with E-state index in [0.717, 1.165) is 18.8 Å². The van der Waals surface area contributed by atoms with Crippen molar-refractivity contribution in [3.63, 3.8) is 0 Å². The summed E-state index contributed by atoms with van der Waals surface area (Å²) in [7, 11) is 0. The molecule has 102 valence electrons. The molecule has 1 fully saturated rings. The molecule has 4 nitrogen and oxygen atoms in total. The lowest BCUT2D eigenvalue weighted by atomic mass is 9.87. The maximum atomic E-state index is 12.0. The summed E-state index contributed by atoms with van der Waals surface area (Å²) in [6, 6.07) is 6.72. The second kappa shape index (κ2) is 5.87. The van der Waals surface area contributed by atoms with Crippen molar-refractivity contribution in [1.82, 2.24) is 5.32 Å². The van der Waals surface area contributed by atoms with Crippen molar-refractivity contribution >= 4 is 11.8 Å². The zero-order chi connectivity index (χ0) is 13.8. The molecule has 4 heteroatoms. The number of hydrogen-bond acceptors (Lipinski definition) is 2. The van der Waals surface area contributed by atoms with Gasteiger partial charge in [-0.25, -0.2) is 0 Å². The van der Waals surface area contributed by atoms with E-state index in [0.29, 0.717) is 11.1 Å². The molecule has 1 aromatic carbocycles. The molecule has 1 aliphatic carbocycles. The van der Waals surface area contributed by atoms with E-state index in [-0.39, 0.29) is 11.9 Å². The summed E-state index contributed by atoms with van der Waals surface area (Å²) >= 11 is 0. The molecule has 0 saturated heterocycles. The summed E-state index contributed by atoms with van der Waals surface area (Å²) in [5.74, 6) is 0.215. The van der Waals surface area contributed by atoms with Crippen molar-refractivity contribution in [1.29, 1.82) is 0 Å². The van der Waals surface area contributed by atoms with Crippen molar-refractivity contribution in [3.05, 3.63) is 35.4 Å². The van der Waals surface area contributed by atoms with Crippen LogP contribution in [0.3, 0.4) is 0 Å². The van der Waals surface area contributed by atoms with E-state index in [1.807, 2.05) is 0 Å². The molecular weight excluding hydrogens is 240 g/mol. The molecule has 19 heavy (non-hydrogen) atoms. The third-order valence-electron chi connectivity index (χ3n) is 3.78. The molecule has 1 saturated carbocycles. The molecule has 0 aromatic heterocycles. The third kappa shape index (κ3) is 3.56. The van der Waals surface area contributed by atoms with Crippen LogP contribution in [0.1, 0.15) is 53.3 Å². The van der Waals surface area contributed by atoms with Crippen LogP contribution in [0.25, 0.3) is 0 Å². The van der Waals surface area contributed by atoms with E-state index < -0.39 is 5.91 Å². The van der Waals surface area contributed by atoms with E-state index >= 15 is 0 Å². The van der Waals surface area contributed by atoms with E-state index in [2.05, 4.69) is 12.2 Å². The monoisotopic (exact) mass is 260 g/mol. The van der Waals surface area contributed by atoms with Crippen LogP contribution in [0, 0.1) is 5.92 Å². The van der Waals surface area contributed by atoms with Crippen molar-refractivity contribution in [2.45, 2.75) is 38.6 Å². The van der Waals surface area contributed by atoms with Gasteiger partial charge in [-0.05, 0) is 55.9 Å². The summed E-state index contributed by atoms with van der Waals surface area (Å²) in [6.07, 6.45) is 4.44. The van der Waals surface area contributed by atoms with Gasteiger partial charge >= 0.3 is 0 Å². The second-order valence-corrected chi connectivity index (χ2v) is 5.37. The molecule has 0 unspecified atom stereocenters. The molecule has 2 amide bonds. The largest absolute Gasteiger partial charge is 0.366 e. The molecule has 0 aliphatic heterocycles. The third-order valence-corrected chi connectivity index (χ3v) is 3.78. The lowest BCUT2D eigenvalue weighted by molar-refractivity contribution is 0.0921. The smallest absolute Gasteiger partial charge is 0.251 e. The zero-order valence-corrected chi connectivity index (χ0v) is 11.2. The number of carbonyl (C=O) groups excluding carboxylic acids is 2. The van der Waals surface area contributed by atoms with Gasteiger partial charge in [-0.3, -0.25) is 9.59 Å². The Balaban J connectivity index is 1.94.